The Morgan fingerprint density at radius 2 is 1.00 bits per heavy atom. The Labute approximate surface area is 331 Å². The zero-order valence-corrected chi connectivity index (χ0v) is 35.4. The standard InChI is InChI=1S/C39H35N9O2Si2.C2H7O2P/c1-46(2)22-13-23-51(3,4)50-52(49)47-36-28-18-9-10-19-29(28)38(47)44-34-26-16-7-8-17-27(26)35(41-34)45-39-31-21-12-11-20-30(31)37(48(39)52)43-33-25-15-6-5-14-24(25)32(40-33)42-36;1-5(2,3)4/h5-12,14-21,49H,13,22-23H2,1-4H3;1-2H3,(H,3,4). The molecule has 0 amide bonds. The SMILES string of the molecule is CN(C)CCC[Si](C)(C)O[Si]1(O)n2c3c4ccccc4c2N=C2N=C(N=c4c5ccccc5c(n41)=NC1=NC(=N3)c3ccccc31)c1ccccc12.CP(C)(=O)O. The first kappa shape index (κ1) is 37.3. The van der Waals surface area contributed by atoms with Crippen molar-refractivity contribution in [3.05, 3.63) is 130 Å². The summed E-state index contributed by atoms with van der Waals surface area (Å²) in [5.41, 5.74) is 4.51. The van der Waals surface area contributed by atoms with E-state index >= 15 is 0 Å². The first-order chi connectivity index (χ1) is 27.2. The molecule has 0 saturated carbocycles. The van der Waals surface area contributed by atoms with E-state index in [-0.39, 0.29) is 0 Å². The fraction of sp³-hybridized carbons (Fsp3) is 0.220. The topological polar surface area (TPSA) is 154 Å². The summed E-state index contributed by atoms with van der Waals surface area (Å²) in [5.74, 6) is 3.11. The zero-order chi connectivity index (χ0) is 39.9. The fourth-order valence-electron chi connectivity index (χ4n) is 7.79. The average Bonchev–Trinajstić information content (AvgIpc) is 3.87. The molecule has 6 aromatic rings. The van der Waals surface area contributed by atoms with Crippen molar-refractivity contribution in [2.75, 3.05) is 34.0 Å². The van der Waals surface area contributed by atoms with Crippen LogP contribution in [0.25, 0.3) is 21.5 Å². The van der Waals surface area contributed by atoms with Crippen LogP contribution in [0.4, 0.5) is 11.6 Å². The fourth-order valence-corrected chi connectivity index (χ4v) is 14.9. The molecule has 288 valence electrons. The van der Waals surface area contributed by atoms with E-state index in [1.54, 1.807) is 0 Å². The highest BCUT2D eigenvalue weighted by Crippen LogP contribution is 2.43. The third-order valence-corrected chi connectivity index (χ3v) is 17.0. The van der Waals surface area contributed by atoms with Gasteiger partial charge < -0.3 is 18.7 Å². The molecule has 1 unspecified atom stereocenters. The lowest BCUT2D eigenvalue weighted by molar-refractivity contribution is 0.326. The zero-order valence-electron chi connectivity index (χ0n) is 32.5. The first-order valence-electron chi connectivity index (χ1n) is 18.8. The summed E-state index contributed by atoms with van der Waals surface area (Å²) in [6.07, 6.45) is 0.926. The predicted molar refractivity (Wildman–Crippen MR) is 232 cm³/mol. The molecule has 0 fully saturated rings. The van der Waals surface area contributed by atoms with Crippen LogP contribution in [0, 0.1) is 0 Å². The molecule has 0 aliphatic carbocycles. The van der Waals surface area contributed by atoms with Crippen LogP contribution < -0.4 is 11.0 Å². The quantitative estimate of drug-likeness (QED) is 0.155. The van der Waals surface area contributed by atoms with E-state index in [1.165, 1.54) is 13.3 Å². The minimum absolute atomic E-state index is 0.518. The van der Waals surface area contributed by atoms with Gasteiger partial charge in [-0.3, -0.25) is 13.0 Å². The van der Waals surface area contributed by atoms with E-state index in [1.807, 2.05) is 106 Å². The highest BCUT2D eigenvalue weighted by molar-refractivity contribution is 7.56. The molecular formula is C41H42N9O4PSi2. The average molecular weight is 812 g/mol. The summed E-state index contributed by atoms with van der Waals surface area (Å²) in [6, 6.07) is 32.9. The van der Waals surface area contributed by atoms with Gasteiger partial charge in [-0.15, -0.1) is 0 Å². The van der Waals surface area contributed by atoms with Gasteiger partial charge in [0.2, 0.25) is 0 Å². The third-order valence-electron chi connectivity index (χ3n) is 10.1. The number of hydrogen-bond donors (Lipinski definition) is 2. The maximum absolute atomic E-state index is 14.1. The molecule has 4 aliphatic rings. The maximum Gasteiger partial charge on any atom is 0.589 e. The van der Waals surface area contributed by atoms with E-state index in [9.17, 15) is 9.36 Å². The molecule has 0 spiro atoms. The van der Waals surface area contributed by atoms with Gasteiger partial charge in [-0.2, -0.15) is 0 Å². The number of aliphatic imine (C=N–C) groups is 4. The Morgan fingerprint density at radius 3 is 1.40 bits per heavy atom. The molecule has 0 radical (unpaired) electrons. The molecule has 6 bridgehead atoms. The Bertz CT molecular complexity index is 2810. The minimum atomic E-state index is -4.51. The number of rotatable bonds is 6. The smallest absolute Gasteiger partial charge is 0.404 e. The van der Waals surface area contributed by atoms with Crippen LogP contribution >= 0.6 is 7.37 Å². The molecule has 4 aliphatic heterocycles. The summed E-state index contributed by atoms with van der Waals surface area (Å²) in [5, 5.41) is 3.28. The van der Waals surface area contributed by atoms with E-state index < -0.39 is 24.6 Å². The number of amidine groups is 4. The highest BCUT2D eigenvalue weighted by atomic mass is 31.2. The molecular weight excluding hydrogens is 770 g/mol. The predicted octanol–water partition coefficient (Wildman–Crippen LogP) is 6.05. The van der Waals surface area contributed by atoms with Crippen LogP contribution in [0.15, 0.2) is 127 Å². The maximum atomic E-state index is 14.1. The molecule has 4 aromatic carbocycles. The van der Waals surface area contributed by atoms with Gasteiger partial charge in [0.1, 0.15) is 22.6 Å². The molecule has 6 heterocycles. The monoisotopic (exact) mass is 811 g/mol. The van der Waals surface area contributed by atoms with Crippen molar-refractivity contribution in [1.82, 2.24) is 13.4 Å². The second-order valence-corrected chi connectivity index (χ2v) is 25.2. The van der Waals surface area contributed by atoms with Crippen molar-refractivity contribution in [1.29, 1.82) is 0 Å². The molecule has 1 atom stereocenters. The Hall–Kier alpha value is -5.26. The lowest BCUT2D eigenvalue weighted by Crippen LogP contribution is -2.65. The van der Waals surface area contributed by atoms with Crippen LogP contribution in [-0.2, 0) is 8.68 Å². The summed E-state index contributed by atoms with van der Waals surface area (Å²) < 4.78 is 21.0. The van der Waals surface area contributed by atoms with Crippen molar-refractivity contribution in [3.63, 3.8) is 0 Å². The molecule has 10 rings (SSSR count). The minimum Gasteiger partial charge on any atom is -0.404 e. The molecule has 16 heteroatoms. The molecule has 57 heavy (non-hydrogen) atoms. The van der Waals surface area contributed by atoms with Crippen LogP contribution in [-0.4, -0.2) is 97.6 Å². The van der Waals surface area contributed by atoms with E-state index in [0.717, 1.165) is 62.8 Å². The van der Waals surface area contributed by atoms with Gasteiger partial charge >= 0.3 is 8.88 Å². The van der Waals surface area contributed by atoms with E-state index in [4.69, 9.17) is 39.0 Å². The third kappa shape index (κ3) is 6.54. The van der Waals surface area contributed by atoms with Gasteiger partial charge in [0.15, 0.2) is 39.0 Å². The largest absolute Gasteiger partial charge is 0.589 e. The van der Waals surface area contributed by atoms with Gasteiger partial charge in [-0.25, -0.2) is 30.0 Å². The molecule has 13 nitrogen and oxygen atoms in total. The van der Waals surface area contributed by atoms with Crippen molar-refractivity contribution in [2.45, 2.75) is 25.6 Å². The normalized spacial score (nSPS) is 17.7. The van der Waals surface area contributed by atoms with Gasteiger partial charge in [0.05, 0.1) is 0 Å². The molecule has 0 saturated heterocycles. The first-order valence-corrected chi connectivity index (χ1v) is 26.2. The van der Waals surface area contributed by atoms with Crippen molar-refractivity contribution in [2.24, 2.45) is 30.0 Å². The second-order valence-electron chi connectivity index (χ2n) is 15.7. The number of nitrogens with zero attached hydrogens (tertiary/aromatic N) is 9. The Kier molecular flexibility index (Phi) is 8.97. The van der Waals surface area contributed by atoms with Crippen LogP contribution in [0.3, 0.4) is 0 Å². The number of hydrogen-bond acceptors (Lipinski definition) is 10. The van der Waals surface area contributed by atoms with Gasteiger partial charge in [-0.1, -0.05) is 97.1 Å². The molecule has 2 aromatic heterocycles. The molecule has 2 N–H and O–H groups in total. The number of aromatic nitrogens is 2. The highest BCUT2D eigenvalue weighted by Gasteiger charge is 2.52. The van der Waals surface area contributed by atoms with Crippen LogP contribution in [0.1, 0.15) is 28.7 Å². The van der Waals surface area contributed by atoms with Gasteiger partial charge in [0, 0.05) is 57.1 Å². The van der Waals surface area contributed by atoms with E-state index in [2.05, 4.69) is 32.1 Å². The summed E-state index contributed by atoms with van der Waals surface area (Å²) in [6.45, 7) is 7.88. The summed E-state index contributed by atoms with van der Waals surface area (Å²) in [4.78, 5) is 55.9. The van der Waals surface area contributed by atoms with Crippen molar-refractivity contribution in [3.8, 4) is 0 Å². The van der Waals surface area contributed by atoms with Gasteiger partial charge in [0.25, 0.3) is 0 Å². The van der Waals surface area contributed by atoms with Crippen molar-refractivity contribution >= 4 is 81.1 Å². The number of benzene rings is 4. The lowest BCUT2D eigenvalue weighted by atomic mass is 10.1. The lowest BCUT2D eigenvalue weighted by Gasteiger charge is -2.36. The van der Waals surface area contributed by atoms with Crippen LogP contribution in [0.5, 0.6) is 0 Å². The van der Waals surface area contributed by atoms with E-state index in [0.29, 0.717) is 46.0 Å². The van der Waals surface area contributed by atoms with Crippen LogP contribution in [0.2, 0.25) is 19.1 Å². The Morgan fingerprint density at radius 1 is 0.632 bits per heavy atom. The summed E-state index contributed by atoms with van der Waals surface area (Å²) in [7, 11) is -5.64. The van der Waals surface area contributed by atoms with Gasteiger partial charge in [-0.05, 0) is 46.2 Å². The summed E-state index contributed by atoms with van der Waals surface area (Å²) >= 11 is 0. The van der Waals surface area contributed by atoms with Crippen molar-refractivity contribution < 1.29 is 18.4 Å². The second kappa shape index (κ2) is 13.7. The number of fused-ring (bicyclic) bond motifs is 14. The Balaban J connectivity index is 0.000000798.